The van der Waals surface area contributed by atoms with Crippen molar-refractivity contribution in [2.75, 3.05) is 29.9 Å². The topological polar surface area (TPSA) is 128 Å². The lowest BCUT2D eigenvalue weighted by Gasteiger charge is -2.20. The molecule has 2 aromatic carbocycles. The van der Waals surface area contributed by atoms with Gasteiger partial charge < -0.3 is 15.0 Å². The van der Waals surface area contributed by atoms with E-state index >= 15 is 0 Å². The number of amides is 1. The summed E-state index contributed by atoms with van der Waals surface area (Å²) in [6.07, 6.45) is 2.02. The second kappa shape index (κ2) is 8.96. The summed E-state index contributed by atoms with van der Waals surface area (Å²) in [5.41, 5.74) is 0.801. The molecular weight excluding hydrogens is 414 g/mol. The maximum atomic E-state index is 13.1. The summed E-state index contributed by atoms with van der Waals surface area (Å²) < 4.78 is 4.93. The van der Waals surface area contributed by atoms with Gasteiger partial charge in [-0.3, -0.25) is 14.9 Å². The number of nitro groups is 1. The second-order valence-electron chi connectivity index (χ2n) is 7.28. The van der Waals surface area contributed by atoms with Crippen LogP contribution in [0.3, 0.4) is 0 Å². The van der Waals surface area contributed by atoms with E-state index in [1.807, 2.05) is 23.1 Å². The molecule has 4 rings (SSSR count). The summed E-state index contributed by atoms with van der Waals surface area (Å²) in [5, 5.41) is 14.1. The fourth-order valence-corrected chi connectivity index (χ4v) is 3.58. The molecule has 0 atom stereocenters. The molecule has 1 N–H and O–H groups in total. The summed E-state index contributed by atoms with van der Waals surface area (Å²) in [4.78, 5) is 47.1. The number of carbonyl (C=O) groups is 2. The van der Waals surface area contributed by atoms with Crippen molar-refractivity contribution in [1.29, 1.82) is 0 Å². The summed E-state index contributed by atoms with van der Waals surface area (Å²) in [6, 6.07) is 10.8. The molecule has 0 aliphatic carbocycles. The highest BCUT2D eigenvalue weighted by Crippen LogP contribution is 2.28. The number of esters is 1. The molecule has 10 heteroatoms. The third-order valence-electron chi connectivity index (χ3n) is 5.09. The fourth-order valence-electron chi connectivity index (χ4n) is 3.58. The number of fused-ring (bicyclic) bond motifs is 1. The molecule has 1 aromatic heterocycles. The van der Waals surface area contributed by atoms with E-state index in [9.17, 15) is 19.7 Å². The SMILES string of the molecule is CCOC(=O)c1cc(C(=O)Nc2nc3ccccc3nc2N2CCCC2)cc([N+](=O)[O-])c1. The van der Waals surface area contributed by atoms with Crippen LogP contribution in [-0.4, -0.2) is 46.5 Å². The number of carbonyl (C=O) groups excluding carboxylic acids is 2. The van der Waals surface area contributed by atoms with Gasteiger partial charge in [0.2, 0.25) is 0 Å². The van der Waals surface area contributed by atoms with Crippen LogP contribution < -0.4 is 10.2 Å². The van der Waals surface area contributed by atoms with Crippen molar-refractivity contribution in [2.24, 2.45) is 0 Å². The number of hydrogen-bond donors (Lipinski definition) is 1. The first-order valence-electron chi connectivity index (χ1n) is 10.3. The lowest BCUT2D eigenvalue weighted by Crippen LogP contribution is -2.23. The molecule has 0 saturated carbocycles. The molecular formula is C22H21N5O5. The van der Waals surface area contributed by atoms with Gasteiger partial charge in [-0.15, -0.1) is 0 Å². The van der Waals surface area contributed by atoms with Gasteiger partial charge >= 0.3 is 5.97 Å². The quantitative estimate of drug-likeness (QED) is 0.354. The minimum absolute atomic E-state index is 0.0513. The number of aromatic nitrogens is 2. The first-order chi connectivity index (χ1) is 15.5. The number of non-ortho nitro benzene ring substituents is 1. The van der Waals surface area contributed by atoms with E-state index in [0.717, 1.165) is 38.1 Å². The number of hydrogen-bond acceptors (Lipinski definition) is 8. The summed E-state index contributed by atoms with van der Waals surface area (Å²) >= 11 is 0. The van der Waals surface area contributed by atoms with E-state index in [2.05, 4.69) is 15.3 Å². The number of nitrogens with one attached hydrogen (secondary N) is 1. The fraction of sp³-hybridized carbons (Fsp3) is 0.273. The molecule has 164 valence electrons. The smallest absolute Gasteiger partial charge is 0.338 e. The van der Waals surface area contributed by atoms with E-state index in [1.165, 1.54) is 6.07 Å². The summed E-state index contributed by atoms with van der Waals surface area (Å²) in [6.45, 7) is 3.31. The normalized spacial score (nSPS) is 13.2. The van der Waals surface area contributed by atoms with E-state index in [1.54, 1.807) is 13.0 Å². The van der Waals surface area contributed by atoms with Gasteiger partial charge in [0.25, 0.3) is 11.6 Å². The van der Waals surface area contributed by atoms with Crippen LogP contribution in [0.5, 0.6) is 0 Å². The number of para-hydroxylation sites is 2. The number of anilines is 2. The van der Waals surface area contributed by atoms with Crippen LogP contribution in [0.15, 0.2) is 42.5 Å². The van der Waals surface area contributed by atoms with Gasteiger partial charge in [-0.05, 0) is 38.0 Å². The van der Waals surface area contributed by atoms with Crippen LogP contribution >= 0.6 is 0 Å². The van der Waals surface area contributed by atoms with Crippen molar-refractivity contribution in [3.05, 3.63) is 63.7 Å². The third kappa shape index (κ3) is 4.34. The first-order valence-corrected chi connectivity index (χ1v) is 10.3. The minimum atomic E-state index is -0.742. The van der Waals surface area contributed by atoms with E-state index in [-0.39, 0.29) is 29.2 Å². The molecule has 1 aliphatic heterocycles. The predicted molar refractivity (Wildman–Crippen MR) is 118 cm³/mol. The van der Waals surface area contributed by atoms with E-state index in [4.69, 9.17) is 4.74 Å². The zero-order valence-electron chi connectivity index (χ0n) is 17.4. The second-order valence-corrected chi connectivity index (χ2v) is 7.28. The highest BCUT2D eigenvalue weighted by atomic mass is 16.6. The molecule has 1 fully saturated rings. The number of rotatable bonds is 6. The average Bonchev–Trinajstić information content (AvgIpc) is 3.33. The average molecular weight is 435 g/mol. The number of nitrogens with zero attached hydrogens (tertiary/aromatic N) is 4. The Labute approximate surface area is 183 Å². The van der Waals surface area contributed by atoms with Crippen molar-refractivity contribution >= 4 is 40.2 Å². The Hall–Kier alpha value is -4.08. The van der Waals surface area contributed by atoms with Gasteiger partial charge in [0.1, 0.15) is 0 Å². The van der Waals surface area contributed by atoms with Gasteiger partial charge in [-0.2, -0.15) is 0 Å². The molecule has 0 unspecified atom stereocenters. The van der Waals surface area contributed by atoms with Gasteiger partial charge in [-0.1, -0.05) is 12.1 Å². The number of ether oxygens (including phenoxy) is 1. The zero-order chi connectivity index (χ0) is 22.7. The Balaban J connectivity index is 1.72. The highest BCUT2D eigenvalue weighted by Gasteiger charge is 2.23. The van der Waals surface area contributed by atoms with Crippen LogP contribution in [-0.2, 0) is 4.74 Å². The molecule has 2 heterocycles. The lowest BCUT2D eigenvalue weighted by atomic mass is 10.1. The Morgan fingerprint density at radius 3 is 2.41 bits per heavy atom. The van der Waals surface area contributed by atoms with Gasteiger partial charge in [0.15, 0.2) is 11.6 Å². The summed E-state index contributed by atoms with van der Waals surface area (Å²) in [5.74, 6) is -0.567. The van der Waals surface area contributed by atoms with Crippen LogP contribution in [0.25, 0.3) is 11.0 Å². The molecule has 0 radical (unpaired) electrons. The standard InChI is InChI=1S/C22H21N5O5/c1-2-32-22(29)15-11-14(12-16(13-15)27(30)31)21(28)25-19-20(26-9-5-6-10-26)24-18-8-4-3-7-17(18)23-19/h3-4,7-8,11-13H,2,5-6,9-10H2,1H3,(H,23,25,28). The Morgan fingerprint density at radius 1 is 1.09 bits per heavy atom. The van der Waals surface area contributed by atoms with Crippen molar-refractivity contribution in [1.82, 2.24) is 9.97 Å². The minimum Gasteiger partial charge on any atom is -0.462 e. The zero-order valence-corrected chi connectivity index (χ0v) is 17.4. The molecule has 1 aliphatic rings. The third-order valence-corrected chi connectivity index (χ3v) is 5.09. The number of nitro benzene ring substituents is 1. The Kier molecular flexibility index (Phi) is 5.93. The van der Waals surface area contributed by atoms with E-state index in [0.29, 0.717) is 16.9 Å². The molecule has 0 bridgehead atoms. The Morgan fingerprint density at radius 2 is 1.75 bits per heavy atom. The Bertz CT molecular complexity index is 1210. The largest absolute Gasteiger partial charge is 0.462 e. The van der Waals surface area contributed by atoms with Crippen LogP contribution in [0, 0.1) is 10.1 Å². The molecule has 1 saturated heterocycles. The maximum Gasteiger partial charge on any atom is 0.338 e. The summed E-state index contributed by atoms with van der Waals surface area (Å²) in [7, 11) is 0. The van der Waals surface area contributed by atoms with Gasteiger partial charge in [0, 0.05) is 30.8 Å². The molecule has 10 nitrogen and oxygen atoms in total. The maximum absolute atomic E-state index is 13.1. The lowest BCUT2D eigenvalue weighted by molar-refractivity contribution is -0.384. The van der Waals surface area contributed by atoms with Crippen LogP contribution in [0.1, 0.15) is 40.5 Å². The van der Waals surface area contributed by atoms with Crippen molar-refractivity contribution < 1.29 is 19.2 Å². The molecule has 32 heavy (non-hydrogen) atoms. The van der Waals surface area contributed by atoms with Crippen molar-refractivity contribution in [3.63, 3.8) is 0 Å². The van der Waals surface area contributed by atoms with Crippen LogP contribution in [0.4, 0.5) is 17.3 Å². The first kappa shape index (κ1) is 21.2. The highest BCUT2D eigenvalue weighted by molar-refractivity contribution is 6.07. The number of benzene rings is 2. The molecule has 0 spiro atoms. The molecule has 3 aromatic rings. The molecule has 1 amide bonds. The van der Waals surface area contributed by atoms with Crippen LogP contribution in [0.2, 0.25) is 0 Å². The van der Waals surface area contributed by atoms with Crippen molar-refractivity contribution in [2.45, 2.75) is 19.8 Å². The van der Waals surface area contributed by atoms with Gasteiger partial charge in [-0.25, -0.2) is 14.8 Å². The predicted octanol–water partition coefficient (Wildman–Crippen LogP) is 3.57. The van der Waals surface area contributed by atoms with Crippen molar-refractivity contribution in [3.8, 4) is 0 Å². The van der Waals surface area contributed by atoms with Gasteiger partial charge in [0.05, 0.1) is 28.1 Å². The van der Waals surface area contributed by atoms with E-state index < -0.39 is 16.8 Å². The monoisotopic (exact) mass is 435 g/mol.